The van der Waals surface area contributed by atoms with Crippen LogP contribution in [0.15, 0.2) is 42.5 Å². The van der Waals surface area contributed by atoms with Crippen LogP contribution in [0.5, 0.6) is 5.75 Å². The van der Waals surface area contributed by atoms with Crippen LogP contribution in [-0.4, -0.2) is 12.5 Å². The summed E-state index contributed by atoms with van der Waals surface area (Å²) in [4.78, 5) is 12.3. The van der Waals surface area contributed by atoms with E-state index in [0.29, 0.717) is 11.3 Å². The molecule has 0 bridgehead atoms. The van der Waals surface area contributed by atoms with E-state index in [1.807, 2.05) is 37.3 Å². The van der Waals surface area contributed by atoms with Crippen LogP contribution >= 0.6 is 0 Å². The minimum Gasteiger partial charge on any atom is -0.493 e. The fourth-order valence-corrected chi connectivity index (χ4v) is 2.18. The van der Waals surface area contributed by atoms with Gasteiger partial charge in [-0.25, -0.2) is 0 Å². The Morgan fingerprint density at radius 3 is 2.64 bits per heavy atom. The van der Waals surface area contributed by atoms with Gasteiger partial charge in [0.25, 0.3) is 5.91 Å². The van der Waals surface area contributed by atoms with Crippen molar-refractivity contribution in [2.45, 2.75) is 19.8 Å². The lowest BCUT2D eigenvalue weighted by atomic mass is 10.1. The highest BCUT2D eigenvalue weighted by Gasteiger charge is 2.21. The van der Waals surface area contributed by atoms with Crippen molar-refractivity contribution in [3.63, 3.8) is 0 Å². The monoisotopic (exact) mass is 296 g/mol. The zero-order chi connectivity index (χ0) is 15.5. The topological polar surface area (TPSA) is 64.3 Å². The predicted octanol–water partition coefficient (Wildman–Crippen LogP) is 3.62. The molecule has 0 aliphatic heterocycles. The number of nitrogens with two attached hydrogens (primary N) is 1. The summed E-state index contributed by atoms with van der Waals surface area (Å²) in [6, 6.07) is 12.7. The number of amides is 1. The smallest absolute Gasteiger partial charge is 0.255 e. The van der Waals surface area contributed by atoms with Gasteiger partial charge < -0.3 is 15.8 Å². The summed E-state index contributed by atoms with van der Waals surface area (Å²) in [7, 11) is 0. The summed E-state index contributed by atoms with van der Waals surface area (Å²) in [5.74, 6) is 1.38. The standard InChI is InChI=1S/C18H20N2O2/c1-12-16(19)3-2-4-17(12)20-18(21)14-7-9-15(10-8-14)22-11-13-5-6-13/h2-4,7-10,13H,5-6,11,19H2,1H3,(H,20,21). The Kier molecular flexibility index (Phi) is 4.00. The summed E-state index contributed by atoms with van der Waals surface area (Å²) in [6.45, 7) is 2.66. The number of benzene rings is 2. The Bertz CT molecular complexity index is 676. The summed E-state index contributed by atoms with van der Waals surface area (Å²) in [5.41, 5.74) is 8.73. The fourth-order valence-electron chi connectivity index (χ4n) is 2.18. The van der Waals surface area contributed by atoms with Gasteiger partial charge in [-0.05, 0) is 67.6 Å². The number of nitrogen functional groups attached to an aromatic ring is 1. The average molecular weight is 296 g/mol. The zero-order valence-electron chi connectivity index (χ0n) is 12.6. The molecule has 2 aromatic carbocycles. The maximum absolute atomic E-state index is 12.3. The fraction of sp³-hybridized carbons (Fsp3) is 0.278. The SMILES string of the molecule is Cc1c(N)cccc1NC(=O)c1ccc(OCC2CC2)cc1. The molecule has 0 heterocycles. The number of rotatable bonds is 5. The number of hydrogen-bond donors (Lipinski definition) is 2. The third kappa shape index (κ3) is 3.39. The Morgan fingerprint density at radius 1 is 1.23 bits per heavy atom. The maximum atomic E-state index is 12.3. The summed E-state index contributed by atoms with van der Waals surface area (Å²) in [5, 5.41) is 2.89. The lowest BCUT2D eigenvalue weighted by Crippen LogP contribution is -2.13. The Labute approximate surface area is 130 Å². The first kappa shape index (κ1) is 14.4. The molecule has 0 unspecified atom stereocenters. The molecule has 4 heteroatoms. The summed E-state index contributed by atoms with van der Waals surface area (Å²) in [6.07, 6.45) is 2.53. The zero-order valence-corrected chi connectivity index (χ0v) is 12.6. The molecule has 3 rings (SSSR count). The molecule has 1 aliphatic rings. The molecule has 0 aromatic heterocycles. The van der Waals surface area contributed by atoms with E-state index in [9.17, 15) is 4.79 Å². The molecule has 22 heavy (non-hydrogen) atoms. The van der Waals surface area contributed by atoms with E-state index in [-0.39, 0.29) is 5.91 Å². The molecule has 0 radical (unpaired) electrons. The van der Waals surface area contributed by atoms with Crippen molar-refractivity contribution in [3.05, 3.63) is 53.6 Å². The van der Waals surface area contributed by atoms with E-state index < -0.39 is 0 Å². The highest BCUT2D eigenvalue weighted by Crippen LogP contribution is 2.29. The van der Waals surface area contributed by atoms with Gasteiger partial charge in [0.05, 0.1) is 6.61 Å². The number of ether oxygens (including phenoxy) is 1. The highest BCUT2D eigenvalue weighted by molar-refractivity contribution is 6.05. The Hall–Kier alpha value is -2.49. The minimum absolute atomic E-state index is 0.151. The van der Waals surface area contributed by atoms with Gasteiger partial charge in [-0.1, -0.05) is 6.07 Å². The number of anilines is 2. The Balaban J connectivity index is 1.65. The molecular formula is C18H20N2O2. The van der Waals surface area contributed by atoms with Crippen LogP contribution in [0.1, 0.15) is 28.8 Å². The second-order valence-corrected chi connectivity index (χ2v) is 5.75. The first-order valence-corrected chi connectivity index (χ1v) is 7.53. The number of carbonyl (C=O) groups is 1. The molecule has 1 fully saturated rings. The van der Waals surface area contributed by atoms with Crippen molar-refractivity contribution in [1.82, 2.24) is 0 Å². The minimum atomic E-state index is -0.151. The van der Waals surface area contributed by atoms with E-state index in [1.165, 1.54) is 12.8 Å². The third-order valence-electron chi connectivity index (χ3n) is 3.92. The normalized spacial score (nSPS) is 13.7. The van der Waals surface area contributed by atoms with Crippen LogP contribution in [-0.2, 0) is 0 Å². The summed E-state index contributed by atoms with van der Waals surface area (Å²) < 4.78 is 5.67. The quantitative estimate of drug-likeness (QED) is 0.828. The van der Waals surface area contributed by atoms with E-state index in [2.05, 4.69) is 5.32 Å². The van der Waals surface area contributed by atoms with Crippen molar-refractivity contribution in [1.29, 1.82) is 0 Å². The first-order chi connectivity index (χ1) is 10.6. The van der Waals surface area contributed by atoms with Crippen molar-refractivity contribution in [3.8, 4) is 5.75 Å². The van der Waals surface area contributed by atoms with Crippen molar-refractivity contribution in [2.24, 2.45) is 5.92 Å². The molecule has 0 spiro atoms. The van der Waals surface area contributed by atoms with Crippen molar-refractivity contribution >= 4 is 17.3 Å². The van der Waals surface area contributed by atoms with Gasteiger partial charge in [0, 0.05) is 16.9 Å². The molecule has 4 nitrogen and oxygen atoms in total. The van der Waals surface area contributed by atoms with Gasteiger partial charge in [-0.15, -0.1) is 0 Å². The highest BCUT2D eigenvalue weighted by atomic mass is 16.5. The van der Waals surface area contributed by atoms with Gasteiger partial charge in [-0.2, -0.15) is 0 Å². The maximum Gasteiger partial charge on any atom is 0.255 e. The second kappa shape index (κ2) is 6.10. The van der Waals surface area contributed by atoms with Crippen molar-refractivity contribution < 1.29 is 9.53 Å². The van der Waals surface area contributed by atoms with Gasteiger partial charge in [0.2, 0.25) is 0 Å². The van der Waals surface area contributed by atoms with Gasteiger partial charge in [0.1, 0.15) is 5.75 Å². The van der Waals surface area contributed by atoms with E-state index in [1.54, 1.807) is 12.1 Å². The van der Waals surface area contributed by atoms with Crippen LogP contribution in [0.2, 0.25) is 0 Å². The van der Waals surface area contributed by atoms with E-state index in [4.69, 9.17) is 10.5 Å². The first-order valence-electron chi connectivity index (χ1n) is 7.53. The largest absolute Gasteiger partial charge is 0.493 e. The summed E-state index contributed by atoms with van der Waals surface area (Å²) >= 11 is 0. The molecule has 114 valence electrons. The second-order valence-electron chi connectivity index (χ2n) is 5.75. The van der Waals surface area contributed by atoms with Crippen LogP contribution in [0.25, 0.3) is 0 Å². The van der Waals surface area contributed by atoms with Crippen LogP contribution < -0.4 is 15.8 Å². The number of nitrogens with one attached hydrogen (secondary N) is 1. The molecule has 1 amide bonds. The molecule has 3 N–H and O–H groups in total. The van der Waals surface area contributed by atoms with Gasteiger partial charge in [0.15, 0.2) is 0 Å². The van der Waals surface area contributed by atoms with E-state index in [0.717, 1.165) is 29.5 Å². The number of hydrogen-bond acceptors (Lipinski definition) is 3. The van der Waals surface area contributed by atoms with Gasteiger partial charge in [-0.3, -0.25) is 4.79 Å². The predicted molar refractivity (Wildman–Crippen MR) is 88.2 cm³/mol. The lowest BCUT2D eigenvalue weighted by molar-refractivity contribution is 0.102. The molecule has 1 aliphatic carbocycles. The molecule has 1 saturated carbocycles. The molecular weight excluding hydrogens is 276 g/mol. The Morgan fingerprint density at radius 2 is 1.95 bits per heavy atom. The van der Waals surface area contributed by atoms with Crippen LogP contribution in [0.3, 0.4) is 0 Å². The third-order valence-corrected chi connectivity index (χ3v) is 3.92. The van der Waals surface area contributed by atoms with Gasteiger partial charge >= 0.3 is 0 Å². The molecule has 0 saturated heterocycles. The van der Waals surface area contributed by atoms with Crippen LogP contribution in [0, 0.1) is 12.8 Å². The molecule has 2 aromatic rings. The van der Waals surface area contributed by atoms with Crippen LogP contribution in [0.4, 0.5) is 11.4 Å². The lowest BCUT2D eigenvalue weighted by Gasteiger charge is -2.10. The average Bonchev–Trinajstić information content (AvgIpc) is 3.34. The van der Waals surface area contributed by atoms with E-state index >= 15 is 0 Å². The number of carbonyl (C=O) groups excluding carboxylic acids is 1. The van der Waals surface area contributed by atoms with Crippen molar-refractivity contribution in [2.75, 3.05) is 17.7 Å². The molecule has 0 atom stereocenters.